The van der Waals surface area contributed by atoms with Gasteiger partial charge in [-0.1, -0.05) is 29.8 Å². The van der Waals surface area contributed by atoms with Crippen molar-refractivity contribution >= 4 is 40.8 Å². The molecule has 3 rings (SSSR count). The largest absolute Gasteiger partial charge is 0.496 e. The average Bonchev–Trinajstić information content (AvgIpc) is 2.89. The first kappa shape index (κ1) is 26.2. The zero-order chi connectivity index (χ0) is 26.2. The van der Waals surface area contributed by atoms with Gasteiger partial charge in [0.2, 0.25) is 0 Å². The topological polar surface area (TPSA) is 115 Å². The van der Waals surface area contributed by atoms with E-state index in [4.69, 9.17) is 25.8 Å². The number of hydrogen-bond acceptors (Lipinski definition) is 7. The molecular formula is C26H24ClN3O6. The van der Waals surface area contributed by atoms with Crippen LogP contribution in [0.4, 0.5) is 5.69 Å². The number of carbonyl (C=O) groups excluding carboxylic acids is 3. The second-order valence-electron chi connectivity index (χ2n) is 7.51. The molecule has 3 aromatic carbocycles. The van der Waals surface area contributed by atoms with Crippen LogP contribution in [0.3, 0.4) is 0 Å². The molecule has 0 aromatic heterocycles. The van der Waals surface area contributed by atoms with Crippen molar-refractivity contribution in [1.29, 1.82) is 0 Å². The zero-order valence-electron chi connectivity index (χ0n) is 20.0. The van der Waals surface area contributed by atoms with Gasteiger partial charge < -0.3 is 19.5 Å². The molecule has 36 heavy (non-hydrogen) atoms. The number of hydrogen-bond donors (Lipinski definition) is 2. The Hall–Kier alpha value is -4.37. The molecule has 2 N–H and O–H groups in total. The highest BCUT2D eigenvalue weighted by Crippen LogP contribution is 2.30. The van der Waals surface area contributed by atoms with Crippen LogP contribution in [0.5, 0.6) is 17.2 Å². The van der Waals surface area contributed by atoms with E-state index in [1.807, 2.05) is 6.92 Å². The zero-order valence-corrected chi connectivity index (χ0v) is 20.8. The molecule has 0 atom stereocenters. The fourth-order valence-electron chi connectivity index (χ4n) is 3.05. The first-order valence-corrected chi connectivity index (χ1v) is 11.1. The number of carbonyl (C=O) groups is 3. The fourth-order valence-corrected chi connectivity index (χ4v) is 3.23. The molecule has 0 aliphatic rings. The average molecular weight is 510 g/mol. The molecule has 0 radical (unpaired) electrons. The number of rotatable bonds is 7. The van der Waals surface area contributed by atoms with Crippen molar-refractivity contribution in [2.75, 3.05) is 19.5 Å². The third-order valence-electron chi connectivity index (χ3n) is 5.07. The minimum atomic E-state index is -0.958. The summed E-state index contributed by atoms with van der Waals surface area (Å²) < 4.78 is 16.0. The molecule has 0 bridgehead atoms. The van der Waals surface area contributed by atoms with Crippen LogP contribution in [0.15, 0.2) is 65.8 Å². The van der Waals surface area contributed by atoms with Crippen molar-refractivity contribution in [1.82, 2.24) is 5.43 Å². The maximum absolute atomic E-state index is 12.6. The van der Waals surface area contributed by atoms with E-state index in [-0.39, 0.29) is 17.1 Å². The van der Waals surface area contributed by atoms with Crippen LogP contribution in [0.25, 0.3) is 0 Å². The van der Waals surface area contributed by atoms with Crippen LogP contribution in [0, 0.1) is 6.92 Å². The van der Waals surface area contributed by atoms with E-state index in [1.54, 1.807) is 61.5 Å². The van der Waals surface area contributed by atoms with Gasteiger partial charge in [-0.3, -0.25) is 9.59 Å². The van der Waals surface area contributed by atoms with Gasteiger partial charge in [0, 0.05) is 16.3 Å². The number of hydrazone groups is 1. The van der Waals surface area contributed by atoms with Gasteiger partial charge in [-0.05, 0) is 61.9 Å². The van der Waals surface area contributed by atoms with Crippen LogP contribution in [0.1, 0.15) is 28.4 Å². The molecule has 0 aliphatic heterocycles. The van der Waals surface area contributed by atoms with Crippen LogP contribution >= 0.6 is 11.6 Å². The standard InChI is InChI=1S/C26H24ClN3O6/c1-15-9-11-18(14-20(15)27)28-24(31)25(32)30-29-16(2)17-10-12-22(23(13-17)35-4)36-26(33)19-7-5-6-8-21(19)34-3/h5-14H,1-4H3,(H,28,31)(H,30,32). The summed E-state index contributed by atoms with van der Waals surface area (Å²) in [6, 6.07) is 16.3. The van der Waals surface area contributed by atoms with E-state index >= 15 is 0 Å². The van der Waals surface area contributed by atoms with E-state index in [0.717, 1.165) is 5.56 Å². The number of benzene rings is 3. The minimum absolute atomic E-state index is 0.185. The van der Waals surface area contributed by atoms with E-state index in [1.165, 1.54) is 20.3 Å². The molecule has 0 fully saturated rings. The van der Waals surface area contributed by atoms with E-state index in [9.17, 15) is 14.4 Å². The molecule has 2 amide bonds. The van der Waals surface area contributed by atoms with Crippen molar-refractivity contribution in [2.24, 2.45) is 5.10 Å². The lowest BCUT2D eigenvalue weighted by Crippen LogP contribution is -2.32. The summed E-state index contributed by atoms with van der Waals surface area (Å²) in [5.41, 5.74) is 4.65. The molecule has 0 saturated heterocycles. The summed E-state index contributed by atoms with van der Waals surface area (Å²) in [6.07, 6.45) is 0. The Kier molecular flexibility index (Phi) is 8.64. The molecule has 3 aromatic rings. The SMILES string of the molecule is COc1cc(C(C)=NNC(=O)C(=O)Nc2ccc(C)c(Cl)c2)ccc1OC(=O)c1ccccc1OC. The second kappa shape index (κ2) is 11.9. The van der Waals surface area contributed by atoms with Crippen LogP contribution in [0.2, 0.25) is 5.02 Å². The van der Waals surface area contributed by atoms with Crippen molar-refractivity contribution < 1.29 is 28.6 Å². The lowest BCUT2D eigenvalue weighted by atomic mass is 10.1. The fraction of sp³-hybridized carbons (Fsp3) is 0.154. The molecule has 0 spiro atoms. The monoisotopic (exact) mass is 509 g/mol. The highest BCUT2D eigenvalue weighted by atomic mass is 35.5. The Morgan fingerprint density at radius 3 is 2.28 bits per heavy atom. The number of amides is 2. The summed E-state index contributed by atoms with van der Waals surface area (Å²) >= 11 is 6.04. The molecule has 10 heteroatoms. The van der Waals surface area contributed by atoms with Crippen molar-refractivity contribution in [2.45, 2.75) is 13.8 Å². The summed E-state index contributed by atoms with van der Waals surface area (Å²) in [4.78, 5) is 36.9. The normalized spacial score (nSPS) is 10.9. The highest BCUT2D eigenvalue weighted by Gasteiger charge is 2.18. The maximum Gasteiger partial charge on any atom is 0.347 e. The van der Waals surface area contributed by atoms with Gasteiger partial charge >= 0.3 is 17.8 Å². The van der Waals surface area contributed by atoms with Gasteiger partial charge in [0.1, 0.15) is 11.3 Å². The molecule has 0 saturated carbocycles. The minimum Gasteiger partial charge on any atom is -0.496 e. The van der Waals surface area contributed by atoms with Gasteiger partial charge in [-0.2, -0.15) is 5.10 Å². The van der Waals surface area contributed by atoms with Crippen LogP contribution < -0.4 is 25.0 Å². The predicted molar refractivity (Wildman–Crippen MR) is 136 cm³/mol. The lowest BCUT2D eigenvalue weighted by Gasteiger charge is -2.12. The molecule has 186 valence electrons. The smallest absolute Gasteiger partial charge is 0.347 e. The van der Waals surface area contributed by atoms with E-state index < -0.39 is 17.8 Å². The van der Waals surface area contributed by atoms with Crippen molar-refractivity contribution in [3.63, 3.8) is 0 Å². The van der Waals surface area contributed by atoms with Gasteiger partial charge in [-0.15, -0.1) is 0 Å². The van der Waals surface area contributed by atoms with Crippen LogP contribution in [-0.2, 0) is 9.59 Å². The number of anilines is 1. The lowest BCUT2D eigenvalue weighted by molar-refractivity contribution is -0.136. The van der Waals surface area contributed by atoms with Crippen LogP contribution in [-0.4, -0.2) is 37.7 Å². The third-order valence-corrected chi connectivity index (χ3v) is 5.48. The number of nitrogens with one attached hydrogen (secondary N) is 2. The van der Waals surface area contributed by atoms with Crippen molar-refractivity contribution in [3.05, 3.63) is 82.4 Å². The Morgan fingerprint density at radius 1 is 0.861 bits per heavy atom. The van der Waals surface area contributed by atoms with E-state index in [2.05, 4.69) is 15.8 Å². The number of ether oxygens (including phenoxy) is 3. The Morgan fingerprint density at radius 2 is 1.58 bits per heavy atom. The predicted octanol–water partition coefficient (Wildman–Crippen LogP) is 4.36. The van der Waals surface area contributed by atoms with Gasteiger partial charge in [-0.25, -0.2) is 10.2 Å². The highest BCUT2D eigenvalue weighted by molar-refractivity contribution is 6.40. The van der Waals surface area contributed by atoms with Gasteiger partial charge in [0.15, 0.2) is 11.5 Å². The molecular weight excluding hydrogens is 486 g/mol. The Bertz CT molecular complexity index is 1340. The molecule has 0 heterocycles. The quantitative estimate of drug-likeness (QED) is 0.161. The number of halogens is 1. The molecule has 0 unspecified atom stereocenters. The first-order valence-electron chi connectivity index (χ1n) is 10.7. The first-order chi connectivity index (χ1) is 17.2. The number of esters is 1. The Balaban J connectivity index is 1.68. The van der Waals surface area contributed by atoms with Gasteiger partial charge in [0.25, 0.3) is 0 Å². The number of methoxy groups -OCH3 is 2. The summed E-state index contributed by atoms with van der Waals surface area (Å²) in [5, 5.41) is 6.90. The third kappa shape index (κ3) is 6.39. The second-order valence-corrected chi connectivity index (χ2v) is 7.92. The summed E-state index contributed by atoms with van der Waals surface area (Å²) in [5.74, 6) is -1.64. The summed E-state index contributed by atoms with van der Waals surface area (Å²) in [7, 11) is 2.89. The Labute approximate surface area is 213 Å². The number of para-hydroxylation sites is 1. The maximum atomic E-state index is 12.6. The molecule has 0 aliphatic carbocycles. The number of aryl methyl sites for hydroxylation is 1. The summed E-state index contributed by atoms with van der Waals surface area (Å²) in [6.45, 7) is 3.46. The molecule has 9 nitrogen and oxygen atoms in total. The van der Waals surface area contributed by atoms with E-state index in [0.29, 0.717) is 27.7 Å². The van der Waals surface area contributed by atoms with Gasteiger partial charge in [0.05, 0.1) is 19.9 Å². The number of nitrogens with zero attached hydrogens (tertiary/aromatic N) is 1. The van der Waals surface area contributed by atoms with Crippen molar-refractivity contribution in [3.8, 4) is 17.2 Å².